The smallest absolute Gasteiger partial charge is 0.337 e. The largest absolute Gasteiger partial charge is 0.495 e. The lowest BCUT2D eigenvalue weighted by atomic mass is 10.1. The Balaban J connectivity index is 1.83. The molecule has 30 heavy (non-hydrogen) atoms. The molecule has 3 rings (SSSR count). The molecular formula is C22H15ClN2O5. The van der Waals surface area contributed by atoms with E-state index in [2.05, 4.69) is 5.32 Å². The van der Waals surface area contributed by atoms with Crippen LogP contribution in [0.25, 0.3) is 17.4 Å². The number of rotatable bonds is 6. The van der Waals surface area contributed by atoms with Gasteiger partial charge in [0.2, 0.25) is 0 Å². The van der Waals surface area contributed by atoms with E-state index in [0.29, 0.717) is 22.8 Å². The Kier molecular flexibility index (Phi) is 6.20. The van der Waals surface area contributed by atoms with E-state index >= 15 is 0 Å². The maximum Gasteiger partial charge on any atom is 0.337 e. The number of anilines is 1. The summed E-state index contributed by atoms with van der Waals surface area (Å²) in [5.41, 5.74) is 0.800. The molecule has 1 aromatic heterocycles. The van der Waals surface area contributed by atoms with Crippen molar-refractivity contribution in [1.82, 2.24) is 0 Å². The van der Waals surface area contributed by atoms with E-state index in [9.17, 15) is 14.9 Å². The van der Waals surface area contributed by atoms with Crippen molar-refractivity contribution in [2.75, 3.05) is 12.4 Å². The molecule has 0 aliphatic rings. The molecule has 0 radical (unpaired) electrons. The average Bonchev–Trinajstić information content (AvgIpc) is 3.20. The number of carboxylic acid groups (broad SMARTS) is 1. The van der Waals surface area contributed by atoms with Crippen molar-refractivity contribution in [3.05, 3.63) is 76.5 Å². The molecule has 1 amide bonds. The van der Waals surface area contributed by atoms with Gasteiger partial charge in [-0.2, -0.15) is 5.26 Å². The average molecular weight is 423 g/mol. The van der Waals surface area contributed by atoms with Crippen molar-refractivity contribution < 1.29 is 23.8 Å². The van der Waals surface area contributed by atoms with Crippen molar-refractivity contribution in [1.29, 1.82) is 5.26 Å². The monoisotopic (exact) mass is 422 g/mol. The Morgan fingerprint density at radius 1 is 1.20 bits per heavy atom. The maximum atomic E-state index is 12.5. The molecule has 0 unspecified atom stereocenters. The van der Waals surface area contributed by atoms with Gasteiger partial charge < -0.3 is 19.6 Å². The van der Waals surface area contributed by atoms with Crippen molar-refractivity contribution in [2.45, 2.75) is 0 Å². The lowest BCUT2D eigenvalue weighted by Gasteiger charge is -2.08. The van der Waals surface area contributed by atoms with Gasteiger partial charge in [-0.25, -0.2) is 4.79 Å². The fourth-order valence-electron chi connectivity index (χ4n) is 2.66. The second-order valence-corrected chi connectivity index (χ2v) is 6.43. The first-order valence-electron chi connectivity index (χ1n) is 8.62. The van der Waals surface area contributed by atoms with Crippen LogP contribution in [-0.4, -0.2) is 24.1 Å². The number of benzene rings is 2. The Morgan fingerprint density at radius 3 is 2.63 bits per heavy atom. The molecule has 3 aromatic rings. The molecule has 0 saturated carbocycles. The van der Waals surface area contributed by atoms with Crippen LogP contribution in [-0.2, 0) is 4.79 Å². The van der Waals surface area contributed by atoms with E-state index in [1.807, 2.05) is 6.07 Å². The number of carboxylic acids is 1. The zero-order valence-corrected chi connectivity index (χ0v) is 16.4. The summed E-state index contributed by atoms with van der Waals surface area (Å²) >= 11 is 5.99. The van der Waals surface area contributed by atoms with Crippen LogP contribution in [0.15, 0.2) is 64.6 Å². The number of carbonyl (C=O) groups excluding carboxylic acids is 1. The van der Waals surface area contributed by atoms with Crippen molar-refractivity contribution in [2.24, 2.45) is 0 Å². The zero-order chi connectivity index (χ0) is 21.7. The Hall–Kier alpha value is -4.02. The molecule has 2 aromatic carbocycles. The number of nitrogens with zero attached hydrogens (tertiary/aromatic N) is 1. The second-order valence-electron chi connectivity index (χ2n) is 6.03. The predicted octanol–water partition coefficient (Wildman–Crippen LogP) is 4.85. The van der Waals surface area contributed by atoms with Crippen LogP contribution in [0.1, 0.15) is 16.1 Å². The number of para-hydroxylation sites is 2. The van der Waals surface area contributed by atoms with Gasteiger partial charge in [-0.3, -0.25) is 4.79 Å². The summed E-state index contributed by atoms with van der Waals surface area (Å²) in [6.45, 7) is 0. The van der Waals surface area contributed by atoms with Gasteiger partial charge in [0.25, 0.3) is 5.91 Å². The summed E-state index contributed by atoms with van der Waals surface area (Å²) in [5.74, 6) is -0.606. The van der Waals surface area contributed by atoms with Crippen LogP contribution < -0.4 is 10.1 Å². The second kappa shape index (κ2) is 8.99. The third-order valence-electron chi connectivity index (χ3n) is 4.12. The first-order chi connectivity index (χ1) is 14.4. The number of nitriles is 1. The molecular weight excluding hydrogens is 408 g/mol. The summed E-state index contributed by atoms with van der Waals surface area (Å²) in [4.78, 5) is 23.5. The minimum absolute atomic E-state index is 0.0214. The lowest BCUT2D eigenvalue weighted by molar-refractivity contribution is -0.112. The van der Waals surface area contributed by atoms with Gasteiger partial charge in [0.15, 0.2) is 0 Å². The fourth-order valence-corrected chi connectivity index (χ4v) is 2.92. The molecule has 0 saturated heterocycles. The van der Waals surface area contributed by atoms with Gasteiger partial charge in [-0.15, -0.1) is 0 Å². The Bertz CT molecular complexity index is 1190. The van der Waals surface area contributed by atoms with Crippen LogP contribution in [0.2, 0.25) is 5.02 Å². The number of furan rings is 1. The molecule has 0 fully saturated rings. The van der Waals surface area contributed by atoms with E-state index in [4.69, 9.17) is 25.9 Å². The highest BCUT2D eigenvalue weighted by atomic mass is 35.5. The fraction of sp³-hybridized carbons (Fsp3) is 0.0455. The number of amides is 1. The van der Waals surface area contributed by atoms with E-state index in [1.165, 1.54) is 25.3 Å². The van der Waals surface area contributed by atoms with Crippen LogP contribution in [0.5, 0.6) is 5.75 Å². The highest BCUT2D eigenvalue weighted by Crippen LogP contribution is 2.28. The third-order valence-corrected chi connectivity index (χ3v) is 4.43. The Labute approximate surface area is 176 Å². The number of carbonyl (C=O) groups is 2. The van der Waals surface area contributed by atoms with Crippen LogP contribution >= 0.6 is 11.6 Å². The van der Waals surface area contributed by atoms with Gasteiger partial charge in [0.1, 0.15) is 28.9 Å². The zero-order valence-electron chi connectivity index (χ0n) is 15.7. The first kappa shape index (κ1) is 20.7. The molecule has 8 heteroatoms. The number of aromatic carboxylic acids is 1. The van der Waals surface area contributed by atoms with Crippen LogP contribution in [0.3, 0.4) is 0 Å². The predicted molar refractivity (Wildman–Crippen MR) is 111 cm³/mol. The topological polar surface area (TPSA) is 113 Å². The quantitative estimate of drug-likeness (QED) is 0.433. The summed E-state index contributed by atoms with van der Waals surface area (Å²) in [6, 6.07) is 16.3. The number of methoxy groups -OCH3 is 1. The number of hydrogen-bond donors (Lipinski definition) is 2. The summed E-state index contributed by atoms with van der Waals surface area (Å²) in [7, 11) is 1.48. The minimum atomic E-state index is -1.13. The molecule has 150 valence electrons. The molecule has 0 atom stereocenters. The van der Waals surface area contributed by atoms with Crippen LogP contribution in [0, 0.1) is 11.3 Å². The summed E-state index contributed by atoms with van der Waals surface area (Å²) < 4.78 is 10.8. The lowest BCUT2D eigenvalue weighted by Crippen LogP contribution is -2.14. The standard InChI is InChI=1S/C22H15ClN2O5/c1-29-20-5-3-2-4-18(20)25-21(26)14(12-24)10-15-7-9-19(30-15)13-6-8-16(22(27)28)17(23)11-13/h2-11H,1H3,(H,25,26)(H,27,28)/b14-10+. The maximum absolute atomic E-state index is 12.5. The van der Waals surface area contributed by atoms with Gasteiger partial charge in [0, 0.05) is 11.6 Å². The molecule has 0 aliphatic heterocycles. The van der Waals surface area contributed by atoms with Gasteiger partial charge in [-0.05, 0) is 36.4 Å². The number of hydrogen-bond acceptors (Lipinski definition) is 5. The van der Waals surface area contributed by atoms with Crippen molar-refractivity contribution in [3.8, 4) is 23.1 Å². The first-order valence-corrected chi connectivity index (χ1v) is 9.00. The molecule has 7 nitrogen and oxygen atoms in total. The Morgan fingerprint density at radius 2 is 1.97 bits per heavy atom. The van der Waals surface area contributed by atoms with Crippen molar-refractivity contribution >= 4 is 35.2 Å². The van der Waals surface area contributed by atoms with E-state index in [0.717, 1.165) is 0 Å². The van der Waals surface area contributed by atoms with Crippen molar-refractivity contribution in [3.63, 3.8) is 0 Å². The molecule has 2 N–H and O–H groups in total. The van der Waals surface area contributed by atoms with E-state index < -0.39 is 11.9 Å². The van der Waals surface area contributed by atoms with Gasteiger partial charge >= 0.3 is 5.97 Å². The van der Waals surface area contributed by atoms with E-state index in [1.54, 1.807) is 42.5 Å². The highest BCUT2D eigenvalue weighted by molar-refractivity contribution is 6.33. The number of nitrogens with one attached hydrogen (secondary N) is 1. The summed E-state index contributed by atoms with van der Waals surface area (Å²) in [5, 5.41) is 21.1. The number of halogens is 1. The highest BCUT2D eigenvalue weighted by Gasteiger charge is 2.15. The third kappa shape index (κ3) is 4.51. The normalized spacial score (nSPS) is 10.9. The molecule has 0 spiro atoms. The van der Waals surface area contributed by atoms with Gasteiger partial charge in [-0.1, -0.05) is 29.8 Å². The molecule has 1 heterocycles. The van der Waals surface area contributed by atoms with E-state index in [-0.39, 0.29) is 21.9 Å². The minimum Gasteiger partial charge on any atom is -0.495 e. The molecule has 0 aliphatic carbocycles. The van der Waals surface area contributed by atoms with Gasteiger partial charge in [0.05, 0.1) is 23.4 Å². The molecule has 0 bridgehead atoms. The SMILES string of the molecule is COc1ccccc1NC(=O)/C(C#N)=C/c1ccc(-c2ccc(C(=O)O)c(Cl)c2)o1. The van der Waals surface area contributed by atoms with Crippen LogP contribution in [0.4, 0.5) is 5.69 Å². The summed E-state index contributed by atoms with van der Waals surface area (Å²) in [6.07, 6.45) is 1.31. The number of ether oxygens (including phenoxy) is 1.